The molecule has 1 N–H and O–H groups in total. The van der Waals surface area contributed by atoms with Crippen molar-refractivity contribution in [3.63, 3.8) is 0 Å². The van der Waals surface area contributed by atoms with E-state index in [1.807, 2.05) is 23.1 Å². The molecule has 1 fully saturated rings. The lowest BCUT2D eigenvalue weighted by molar-refractivity contribution is 0.0644. The predicted octanol–water partition coefficient (Wildman–Crippen LogP) is 2.40. The molecule has 1 aromatic carbocycles. The summed E-state index contributed by atoms with van der Waals surface area (Å²) in [4.78, 5) is 25.5. The van der Waals surface area contributed by atoms with Gasteiger partial charge in [0.25, 0.3) is 5.91 Å². The molecule has 29 heavy (non-hydrogen) atoms. The van der Waals surface area contributed by atoms with Crippen LogP contribution in [0, 0.1) is 0 Å². The van der Waals surface area contributed by atoms with E-state index in [4.69, 9.17) is 4.74 Å². The maximum absolute atomic E-state index is 12.7. The van der Waals surface area contributed by atoms with Gasteiger partial charge in [-0.15, -0.1) is 0 Å². The number of benzene rings is 1. The number of carbonyl (C=O) groups is 1. The normalized spacial score (nSPS) is 15.0. The van der Waals surface area contributed by atoms with Crippen LogP contribution in [0.5, 0.6) is 0 Å². The van der Waals surface area contributed by atoms with E-state index in [-0.39, 0.29) is 5.91 Å². The van der Waals surface area contributed by atoms with Crippen LogP contribution >= 0.6 is 0 Å². The Morgan fingerprint density at radius 2 is 1.93 bits per heavy atom. The van der Waals surface area contributed by atoms with Gasteiger partial charge in [0.2, 0.25) is 0 Å². The van der Waals surface area contributed by atoms with E-state index >= 15 is 0 Å². The lowest BCUT2D eigenvalue weighted by atomic mass is 10.2. The number of hydrogen-bond acceptors (Lipinski definition) is 6. The maximum Gasteiger partial charge on any atom is 0.274 e. The number of anilines is 1. The molecule has 7 nitrogen and oxygen atoms in total. The highest BCUT2D eigenvalue weighted by atomic mass is 16.5. The van der Waals surface area contributed by atoms with Gasteiger partial charge in [0.1, 0.15) is 11.5 Å². The zero-order valence-corrected chi connectivity index (χ0v) is 17.0. The minimum absolute atomic E-state index is 0.0529. The van der Waals surface area contributed by atoms with E-state index in [0.29, 0.717) is 31.2 Å². The second kappa shape index (κ2) is 11.3. The molecule has 0 radical (unpaired) electrons. The first-order valence-corrected chi connectivity index (χ1v) is 10.0. The van der Waals surface area contributed by atoms with Gasteiger partial charge in [0, 0.05) is 53.0 Å². The highest BCUT2D eigenvalue weighted by Crippen LogP contribution is 2.09. The summed E-state index contributed by atoms with van der Waals surface area (Å²) in [6.45, 7) is 5.48. The van der Waals surface area contributed by atoms with Crippen molar-refractivity contribution in [1.29, 1.82) is 0 Å². The third kappa shape index (κ3) is 6.66. The number of nitrogens with zero attached hydrogens (tertiary/aromatic N) is 4. The Bertz CT molecular complexity index is 772. The van der Waals surface area contributed by atoms with Crippen molar-refractivity contribution in [2.75, 3.05) is 58.3 Å². The minimum Gasteiger partial charge on any atom is -0.385 e. The van der Waals surface area contributed by atoms with Gasteiger partial charge < -0.3 is 15.0 Å². The monoisotopic (exact) mass is 395 g/mol. The second-order valence-electron chi connectivity index (χ2n) is 6.97. The molecule has 7 heteroatoms. The van der Waals surface area contributed by atoms with Crippen LogP contribution in [0.25, 0.3) is 6.08 Å². The third-order valence-corrected chi connectivity index (χ3v) is 4.84. The SMILES string of the molecule is COCCCNc1cnc(C(=O)N2CCN(C/C=C/c3ccccc3)CC2)cn1. The van der Waals surface area contributed by atoms with Crippen LogP contribution in [0.2, 0.25) is 0 Å². The molecule has 0 spiro atoms. The minimum atomic E-state index is -0.0529. The largest absolute Gasteiger partial charge is 0.385 e. The predicted molar refractivity (Wildman–Crippen MR) is 115 cm³/mol. The summed E-state index contributed by atoms with van der Waals surface area (Å²) in [5.74, 6) is 0.621. The van der Waals surface area contributed by atoms with E-state index in [2.05, 4.69) is 44.5 Å². The summed E-state index contributed by atoms with van der Waals surface area (Å²) in [5.41, 5.74) is 1.60. The van der Waals surface area contributed by atoms with Gasteiger partial charge in [-0.3, -0.25) is 9.69 Å². The van der Waals surface area contributed by atoms with Crippen LogP contribution in [0.3, 0.4) is 0 Å². The van der Waals surface area contributed by atoms with Gasteiger partial charge in [0.15, 0.2) is 0 Å². The van der Waals surface area contributed by atoms with Gasteiger partial charge in [-0.05, 0) is 12.0 Å². The number of nitrogens with one attached hydrogen (secondary N) is 1. The highest BCUT2D eigenvalue weighted by molar-refractivity contribution is 5.92. The fourth-order valence-electron chi connectivity index (χ4n) is 3.16. The van der Waals surface area contributed by atoms with Gasteiger partial charge in [-0.25, -0.2) is 9.97 Å². The number of amides is 1. The first-order valence-electron chi connectivity index (χ1n) is 10.0. The van der Waals surface area contributed by atoms with E-state index in [0.717, 1.165) is 32.6 Å². The molecule has 154 valence electrons. The fourth-order valence-corrected chi connectivity index (χ4v) is 3.16. The fraction of sp³-hybridized carbons (Fsp3) is 0.409. The first-order chi connectivity index (χ1) is 14.3. The van der Waals surface area contributed by atoms with Crippen LogP contribution in [0.15, 0.2) is 48.8 Å². The third-order valence-electron chi connectivity index (χ3n) is 4.84. The first kappa shape index (κ1) is 21.0. The molecule has 2 aromatic rings. The standard InChI is InChI=1S/C22H29N5O2/c1-29-16-6-10-23-21-18-24-20(17-25-21)22(28)27-14-12-26(13-15-27)11-5-9-19-7-3-2-4-8-19/h2-5,7-9,17-18H,6,10-16H2,1H3,(H,23,25)/b9-5+. The van der Waals surface area contributed by atoms with Gasteiger partial charge >= 0.3 is 0 Å². The Hall–Kier alpha value is -2.77. The molecule has 1 aliphatic rings. The molecular formula is C22H29N5O2. The van der Waals surface area contributed by atoms with Gasteiger partial charge in [0.05, 0.1) is 12.4 Å². The quantitative estimate of drug-likeness (QED) is 0.658. The molecule has 0 bridgehead atoms. The second-order valence-corrected chi connectivity index (χ2v) is 6.97. The molecule has 0 saturated carbocycles. The molecule has 1 saturated heterocycles. The van der Waals surface area contributed by atoms with Crippen molar-refractivity contribution in [2.45, 2.75) is 6.42 Å². The van der Waals surface area contributed by atoms with Gasteiger partial charge in [-0.1, -0.05) is 42.5 Å². The number of carbonyl (C=O) groups excluding carboxylic acids is 1. The van der Waals surface area contributed by atoms with Crippen LogP contribution in [-0.2, 0) is 4.74 Å². The molecule has 1 aliphatic heterocycles. The summed E-state index contributed by atoms with van der Waals surface area (Å²) in [5, 5.41) is 3.17. The molecule has 3 rings (SSSR count). The zero-order valence-electron chi connectivity index (χ0n) is 17.0. The van der Waals surface area contributed by atoms with Crippen LogP contribution < -0.4 is 5.32 Å². The maximum atomic E-state index is 12.7. The Morgan fingerprint density at radius 1 is 1.14 bits per heavy atom. The zero-order chi connectivity index (χ0) is 20.3. The van der Waals surface area contributed by atoms with Crippen molar-refractivity contribution in [1.82, 2.24) is 19.8 Å². The van der Waals surface area contributed by atoms with Crippen molar-refractivity contribution in [2.24, 2.45) is 0 Å². The lowest BCUT2D eigenvalue weighted by Crippen LogP contribution is -2.48. The van der Waals surface area contributed by atoms with E-state index in [1.54, 1.807) is 19.5 Å². The highest BCUT2D eigenvalue weighted by Gasteiger charge is 2.22. The summed E-state index contributed by atoms with van der Waals surface area (Å²) >= 11 is 0. The smallest absolute Gasteiger partial charge is 0.274 e. The number of hydrogen-bond donors (Lipinski definition) is 1. The number of aromatic nitrogens is 2. The van der Waals surface area contributed by atoms with Gasteiger partial charge in [-0.2, -0.15) is 0 Å². The Morgan fingerprint density at radius 3 is 2.62 bits per heavy atom. The summed E-state index contributed by atoms with van der Waals surface area (Å²) in [6, 6.07) is 10.3. The van der Waals surface area contributed by atoms with E-state index in [1.165, 1.54) is 5.56 Å². The van der Waals surface area contributed by atoms with Crippen molar-refractivity contribution < 1.29 is 9.53 Å². The molecule has 2 heterocycles. The Labute approximate surface area is 172 Å². The number of ether oxygens (including phenoxy) is 1. The molecule has 1 amide bonds. The molecule has 1 aromatic heterocycles. The summed E-state index contributed by atoms with van der Waals surface area (Å²) < 4.78 is 5.01. The van der Waals surface area contributed by atoms with E-state index < -0.39 is 0 Å². The summed E-state index contributed by atoms with van der Waals surface area (Å²) in [6.07, 6.45) is 8.37. The van der Waals surface area contributed by atoms with Crippen LogP contribution in [0.1, 0.15) is 22.5 Å². The van der Waals surface area contributed by atoms with Crippen molar-refractivity contribution in [3.8, 4) is 0 Å². The number of rotatable bonds is 9. The average Bonchev–Trinajstić information content (AvgIpc) is 2.78. The number of piperazine rings is 1. The van der Waals surface area contributed by atoms with Crippen LogP contribution in [-0.4, -0.2) is 78.7 Å². The van der Waals surface area contributed by atoms with E-state index in [9.17, 15) is 4.79 Å². The topological polar surface area (TPSA) is 70.6 Å². The average molecular weight is 396 g/mol. The Balaban J connectivity index is 1.42. The van der Waals surface area contributed by atoms with Crippen molar-refractivity contribution in [3.05, 3.63) is 60.1 Å². The lowest BCUT2D eigenvalue weighted by Gasteiger charge is -2.33. The Kier molecular flexibility index (Phi) is 8.15. The number of methoxy groups -OCH3 is 1. The molecule has 0 unspecified atom stereocenters. The van der Waals surface area contributed by atoms with Crippen molar-refractivity contribution >= 4 is 17.8 Å². The van der Waals surface area contributed by atoms with Crippen LogP contribution in [0.4, 0.5) is 5.82 Å². The molecule has 0 atom stereocenters. The molecule has 0 aliphatic carbocycles. The summed E-state index contributed by atoms with van der Waals surface area (Å²) in [7, 11) is 1.68. The molecular weight excluding hydrogens is 366 g/mol.